The smallest absolute Gasteiger partial charge is 0.326 e. The summed E-state index contributed by atoms with van der Waals surface area (Å²) < 4.78 is 5.45. The molecule has 6 atom stereocenters. The number of benzene rings is 1. The van der Waals surface area contributed by atoms with Crippen molar-refractivity contribution < 1.29 is 64.0 Å². The van der Waals surface area contributed by atoms with Crippen molar-refractivity contribution in [3.05, 3.63) is 29.8 Å². The van der Waals surface area contributed by atoms with E-state index in [1.54, 1.807) is 18.2 Å². The molecule has 12 N–H and O–H groups in total. The summed E-state index contributed by atoms with van der Waals surface area (Å²) in [5.41, 5.74) is 7.89. The van der Waals surface area contributed by atoms with Crippen LogP contribution in [-0.2, 0) is 38.3 Å². The number of phenolic OH excluding ortho intramolecular Hbond substituents is 1. The van der Waals surface area contributed by atoms with Crippen molar-refractivity contribution in [3.8, 4) is 5.75 Å². The highest BCUT2D eigenvalue weighted by Crippen LogP contribution is 2.21. The van der Waals surface area contributed by atoms with Crippen molar-refractivity contribution in [2.75, 3.05) is 39.8 Å². The molecular formula is C35H55N9O13. The fraction of sp³-hybridized carbons (Fsp3) is 0.600. The molecule has 0 bridgehead atoms. The van der Waals surface area contributed by atoms with Gasteiger partial charge < -0.3 is 57.2 Å². The van der Waals surface area contributed by atoms with Crippen LogP contribution >= 0.6 is 0 Å². The van der Waals surface area contributed by atoms with E-state index < -0.39 is 77.7 Å². The third-order valence-corrected chi connectivity index (χ3v) is 8.86. The Morgan fingerprint density at radius 1 is 0.965 bits per heavy atom. The van der Waals surface area contributed by atoms with E-state index in [0.29, 0.717) is 10.6 Å². The molecule has 0 saturated carbocycles. The number of para-hydroxylation sites is 1. The maximum Gasteiger partial charge on any atom is 0.326 e. The highest BCUT2D eigenvalue weighted by molar-refractivity contribution is 6.00. The molecule has 1 aliphatic heterocycles. The number of ether oxygens (including phenoxy) is 1. The molecule has 1 aromatic rings. The van der Waals surface area contributed by atoms with Gasteiger partial charge in [0, 0.05) is 40.0 Å². The number of amides is 6. The van der Waals surface area contributed by atoms with Crippen molar-refractivity contribution in [2.24, 2.45) is 10.7 Å². The molecular weight excluding hydrogens is 754 g/mol. The summed E-state index contributed by atoms with van der Waals surface area (Å²) in [5, 5.41) is 59.2. The largest absolute Gasteiger partial charge is 0.507 e. The Kier molecular flexibility index (Phi) is 20.3. The number of aliphatic hydroxyl groups excluding tert-OH is 1. The third kappa shape index (κ3) is 15.6. The number of nitrogens with zero attached hydrogens (tertiary/aromatic N) is 3. The van der Waals surface area contributed by atoms with Gasteiger partial charge in [0.2, 0.25) is 41.3 Å². The summed E-state index contributed by atoms with van der Waals surface area (Å²) in [7, 11) is 1.25. The molecule has 6 amide bonds. The van der Waals surface area contributed by atoms with Gasteiger partial charge in [-0.2, -0.15) is 0 Å². The average molecular weight is 810 g/mol. The quantitative estimate of drug-likeness (QED) is 0.0272. The second kappa shape index (κ2) is 24.3. The highest BCUT2D eigenvalue weighted by atomic mass is 16.5. The Hall–Kier alpha value is -5.42. The summed E-state index contributed by atoms with van der Waals surface area (Å²) >= 11 is 0. The van der Waals surface area contributed by atoms with Crippen molar-refractivity contribution in [3.63, 3.8) is 0 Å². The van der Waals surface area contributed by atoms with Crippen LogP contribution in [0.1, 0.15) is 64.4 Å². The van der Waals surface area contributed by atoms with Crippen LogP contribution in [0.15, 0.2) is 29.3 Å². The molecule has 1 unspecified atom stereocenters. The van der Waals surface area contributed by atoms with E-state index in [4.69, 9.17) is 15.7 Å². The maximum atomic E-state index is 13.7. The zero-order valence-corrected chi connectivity index (χ0v) is 32.2. The molecule has 0 aliphatic carbocycles. The highest BCUT2D eigenvalue weighted by Gasteiger charge is 2.36. The molecule has 22 nitrogen and oxygen atoms in total. The molecule has 1 heterocycles. The lowest BCUT2D eigenvalue weighted by Crippen LogP contribution is -2.59. The molecule has 0 fully saturated rings. The molecule has 22 heteroatoms. The number of hydrogen-bond donors (Lipinski definition) is 11. The van der Waals surface area contributed by atoms with Gasteiger partial charge >= 0.3 is 5.97 Å². The number of hydroxylamine groups is 3. The Morgan fingerprint density at radius 2 is 1.63 bits per heavy atom. The van der Waals surface area contributed by atoms with Crippen LogP contribution in [0.3, 0.4) is 0 Å². The topological polar surface area (TPSA) is 335 Å². The number of carboxylic acid groups (broad SMARTS) is 1. The van der Waals surface area contributed by atoms with Crippen LogP contribution in [0.5, 0.6) is 5.75 Å². The van der Waals surface area contributed by atoms with E-state index >= 15 is 0 Å². The first-order chi connectivity index (χ1) is 27.0. The molecule has 318 valence electrons. The van der Waals surface area contributed by atoms with Crippen molar-refractivity contribution >= 4 is 47.3 Å². The monoisotopic (exact) mass is 809 g/mol. The minimum atomic E-state index is -1.55. The molecule has 0 saturated heterocycles. The first-order valence-corrected chi connectivity index (χ1v) is 18.4. The fourth-order valence-corrected chi connectivity index (χ4v) is 5.60. The zero-order valence-electron chi connectivity index (χ0n) is 32.2. The van der Waals surface area contributed by atoms with Crippen molar-refractivity contribution in [1.82, 2.24) is 36.7 Å². The predicted molar refractivity (Wildman–Crippen MR) is 199 cm³/mol. The van der Waals surface area contributed by atoms with Gasteiger partial charge in [0.1, 0.15) is 36.5 Å². The lowest BCUT2D eigenvalue weighted by atomic mass is 10.0. The van der Waals surface area contributed by atoms with E-state index in [2.05, 4.69) is 26.3 Å². The van der Waals surface area contributed by atoms with Gasteiger partial charge in [0.25, 0.3) is 0 Å². The number of aliphatic hydroxyl groups is 1. The Bertz CT molecular complexity index is 1580. The number of hydrogen-bond acceptors (Lipinski definition) is 15. The number of aromatic hydroxyl groups is 1. The fourth-order valence-electron chi connectivity index (χ4n) is 5.60. The van der Waals surface area contributed by atoms with Crippen LogP contribution in [0.25, 0.3) is 0 Å². The Morgan fingerprint density at radius 3 is 2.25 bits per heavy atom. The summed E-state index contributed by atoms with van der Waals surface area (Å²) in [5.74, 6) is -5.91. The van der Waals surface area contributed by atoms with Gasteiger partial charge in [-0.25, -0.2) is 20.3 Å². The van der Waals surface area contributed by atoms with Gasteiger partial charge in [-0.15, -0.1) is 0 Å². The maximum absolute atomic E-state index is 13.7. The van der Waals surface area contributed by atoms with E-state index in [0.717, 1.165) is 11.8 Å². The number of likely N-dealkylation sites (N-methyl/N-ethyl adjacent to an activating group) is 1. The number of nitrogens with two attached hydrogens (primary N) is 1. The second-order valence-electron chi connectivity index (χ2n) is 13.3. The van der Waals surface area contributed by atoms with Crippen molar-refractivity contribution in [2.45, 2.75) is 95.1 Å². The number of carbonyl (C=O) groups excluding carboxylic acids is 6. The van der Waals surface area contributed by atoms with Crippen molar-refractivity contribution in [1.29, 1.82) is 0 Å². The summed E-state index contributed by atoms with van der Waals surface area (Å²) in [4.78, 5) is 94.7. The molecule has 0 aromatic heterocycles. The number of rotatable bonds is 25. The molecule has 1 aliphatic rings. The molecule has 0 spiro atoms. The van der Waals surface area contributed by atoms with Crippen LogP contribution in [-0.4, -0.2) is 159 Å². The van der Waals surface area contributed by atoms with Crippen LogP contribution in [0.2, 0.25) is 0 Å². The second-order valence-corrected chi connectivity index (χ2v) is 13.3. The molecule has 1 aromatic carbocycles. The average Bonchev–Trinajstić information content (AvgIpc) is 3.66. The van der Waals surface area contributed by atoms with E-state index in [1.807, 2.05) is 5.48 Å². The number of aliphatic imine (C=N–C) groups is 1. The van der Waals surface area contributed by atoms with E-state index in [-0.39, 0.29) is 89.4 Å². The normalized spacial score (nSPS) is 16.1. The van der Waals surface area contributed by atoms with Gasteiger partial charge in [-0.3, -0.25) is 34.0 Å². The summed E-state index contributed by atoms with van der Waals surface area (Å²) in [6.45, 7) is 2.03. The number of carboxylic acids is 1. The standard InChI is InChI=1S/C35H55N9O13/c1-20(45)29(42-28(48)14-17-37-30(49)25-19-57-33(41-25)22-9-4-5-13-27(22)47)34(52)43(3)26(12-7-16-38-55)32(51)39-23(10-6-15-36)31(50)40-24(35(53)54)11-8-18-44(56)21(2)46/h4-5,9,13,20,23-26,29,38,45,47,55-56H,6-8,10-12,14-19,36H2,1-3H3,(H,37,49)(H,39,51)(H,40,50)(H,42,48)(H,53,54)/t20-,23-,24-,25-,26?,29+/m0/s1. The lowest BCUT2D eigenvalue weighted by molar-refractivity contribution is -0.163. The van der Waals surface area contributed by atoms with Gasteiger partial charge in [0.05, 0.1) is 11.7 Å². The number of aliphatic carboxylic acids is 1. The minimum absolute atomic E-state index is 0.00864. The van der Waals surface area contributed by atoms with E-state index in [9.17, 15) is 54.1 Å². The first-order valence-electron chi connectivity index (χ1n) is 18.4. The molecule has 0 radical (unpaired) electrons. The predicted octanol–water partition coefficient (Wildman–Crippen LogP) is -2.69. The van der Waals surface area contributed by atoms with Gasteiger partial charge in [0.15, 0.2) is 6.04 Å². The summed E-state index contributed by atoms with van der Waals surface area (Å²) in [6.07, 6.45) is -1.62. The number of phenols is 1. The Labute approximate surface area is 329 Å². The van der Waals surface area contributed by atoms with E-state index in [1.165, 1.54) is 20.0 Å². The van der Waals surface area contributed by atoms with Crippen LogP contribution in [0.4, 0.5) is 0 Å². The van der Waals surface area contributed by atoms with Gasteiger partial charge in [-0.05, 0) is 64.1 Å². The Balaban J connectivity index is 2.10. The SMILES string of the molecule is CC(=O)N(O)CCC[C@H](NC(=O)[C@H](CCCN)NC(=O)C(CCCNO)N(C)C(=O)[C@H](NC(=O)CCNC(=O)[C@@H]1COC(c2ccccc2O)=N1)[C@H](C)O)C(=O)O. The van der Waals surface area contributed by atoms with Crippen LogP contribution in [0, 0.1) is 0 Å². The third-order valence-electron chi connectivity index (χ3n) is 8.86. The first kappa shape index (κ1) is 47.7. The number of nitrogens with one attached hydrogen (secondary N) is 5. The minimum Gasteiger partial charge on any atom is -0.507 e. The lowest BCUT2D eigenvalue weighted by Gasteiger charge is -2.33. The molecule has 2 rings (SSSR count). The van der Waals surface area contributed by atoms with Crippen LogP contribution < -0.4 is 32.5 Å². The van der Waals surface area contributed by atoms with Gasteiger partial charge in [-0.1, -0.05) is 12.1 Å². The zero-order chi connectivity index (χ0) is 42.7. The summed E-state index contributed by atoms with van der Waals surface area (Å²) in [6, 6.07) is -0.256. The number of carbonyl (C=O) groups is 7. The molecule has 57 heavy (non-hydrogen) atoms.